The van der Waals surface area contributed by atoms with Crippen LogP contribution < -0.4 is 0 Å². The summed E-state index contributed by atoms with van der Waals surface area (Å²) in [5.41, 5.74) is 1.45. The van der Waals surface area contributed by atoms with Gasteiger partial charge in [0.05, 0.1) is 5.69 Å². The highest BCUT2D eigenvalue weighted by molar-refractivity contribution is 6.35. The van der Waals surface area contributed by atoms with Crippen LogP contribution >= 0.6 is 34.8 Å². The zero-order valence-corrected chi connectivity index (χ0v) is 13.1. The lowest BCUT2D eigenvalue weighted by Gasteiger charge is -2.06. The van der Waals surface area contributed by atoms with Crippen LogP contribution in [0.1, 0.15) is 21.6 Å². The SMILES string of the molecule is Cc1nn(C)c(Cl)c1C(=O)OCc1ccc(Cl)cc1Cl. The van der Waals surface area contributed by atoms with E-state index in [1.165, 1.54) is 4.68 Å². The van der Waals surface area contributed by atoms with E-state index in [1.807, 2.05) is 0 Å². The van der Waals surface area contributed by atoms with Crippen LogP contribution in [0, 0.1) is 6.92 Å². The van der Waals surface area contributed by atoms with Crippen LogP contribution in [-0.4, -0.2) is 15.7 Å². The van der Waals surface area contributed by atoms with Gasteiger partial charge in [-0.2, -0.15) is 5.10 Å². The molecule has 1 heterocycles. The molecule has 2 rings (SSSR count). The first kappa shape index (κ1) is 15.2. The highest BCUT2D eigenvalue weighted by Crippen LogP contribution is 2.23. The highest BCUT2D eigenvalue weighted by Gasteiger charge is 2.20. The summed E-state index contributed by atoms with van der Waals surface area (Å²) in [7, 11) is 1.65. The molecule has 0 aliphatic heterocycles. The number of halogens is 3. The van der Waals surface area contributed by atoms with E-state index >= 15 is 0 Å². The van der Waals surface area contributed by atoms with Gasteiger partial charge < -0.3 is 4.74 Å². The average Bonchev–Trinajstić information content (AvgIpc) is 2.62. The molecule has 0 saturated heterocycles. The Morgan fingerprint density at radius 1 is 1.35 bits per heavy atom. The van der Waals surface area contributed by atoms with E-state index in [2.05, 4.69) is 5.10 Å². The quantitative estimate of drug-likeness (QED) is 0.796. The summed E-state index contributed by atoms with van der Waals surface area (Å²) in [4.78, 5) is 12.0. The lowest BCUT2D eigenvalue weighted by molar-refractivity contribution is 0.0472. The summed E-state index contributed by atoms with van der Waals surface area (Å²) in [6, 6.07) is 4.98. The molecular weight excluding hydrogens is 323 g/mol. The Bertz CT molecular complexity index is 668. The predicted molar refractivity (Wildman–Crippen MR) is 78.5 cm³/mol. The first-order valence-electron chi connectivity index (χ1n) is 5.70. The van der Waals surface area contributed by atoms with Crippen LogP contribution in [0.2, 0.25) is 15.2 Å². The standard InChI is InChI=1S/C13H11Cl3N2O2/c1-7-11(12(16)18(2)17-7)13(19)20-6-8-3-4-9(14)5-10(8)15/h3-5H,6H2,1-2H3. The Morgan fingerprint density at radius 2 is 2.05 bits per heavy atom. The lowest BCUT2D eigenvalue weighted by Crippen LogP contribution is -2.07. The van der Waals surface area contributed by atoms with E-state index in [0.717, 1.165) is 0 Å². The van der Waals surface area contributed by atoms with E-state index in [-0.39, 0.29) is 17.3 Å². The summed E-state index contributed by atoms with van der Waals surface area (Å²) >= 11 is 17.8. The number of carbonyl (C=O) groups excluding carboxylic acids is 1. The minimum atomic E-state index is -0.536. The van der Waals surface area contributed by atoms with Crippen molar-refractivity contribution in [2.75, 3.05) is 0 Å². The molecular formula is C13H11Cl3N2O2. The molecule has 7 heteroatoms. The fraction of sp³-hybridized carbons (Fsp3) is 0.231. The zero-order chi connectivity index (χ0) is 14.9. The van der Waals surface area contributed by atoms with E-state index < -0.39 is 5.97 Å². The molecule has 0 bridgehead atoms. The number of ether oxygens (including phenoxy) is 1. The molecule has 0 saturated carbocycles. The molecule has 0 aliphatic carbocycles. The number of aromatic nitrogens is 2. The van der Waals surface area contributed by atoms with Crippen LogP contribution in [0.25, 0.3) is 0 Å². The van der Waals surface area contributed by atoms with Gasteiger partial charge in [0.1, 0.15) is 17.3 Å². The van der Waals surface area contributed by atoms with Gasteiger partial charge >= 0.3 is 5.97 Å². The van der Waals surface area contributed by atoms with Gasteiger partial charge in [-0.15, -0.1) is 0 Å². The van der Waals surface area contributed by atoms with Crippen LogP contribution in [0.4, 0.5) is 0 Å². The van der Waals surface area contributed by atoms with Gasteiger partial charge in [-0.1, -0.05) is 40.9 Å². The molecule has 1 aromatic heterocycles. The number of aryl methyl sites for hydroxylation is 2. The molecule has 0 unspecified atom stereocenters. The minimum absolute atomic E-state index is 0.0412. The molecule has 0 aliphatic rings. The molecule has 0 N–H and O–H groups in total. The molecule has 106 valence electrons. The van der Waals surface area contributed by atoms with Crippen molar-refractivity contribution < 1.29 is 9.53 Å². The van der Waals surface area contributed by atoms with Crippen molar-refractivity contribution in [3.63, 3.8) is 0 Å². The van der Waals surface area contributed by atoms with Crippen LogP contribution in [0.5, 0.6) is 0 Å². The minimum Gasteiger partial charge on any atom is -0.457 e. The van der Waals surface area contributed by atoms with Gasteiger partial charge in [0, 0.05) is 22.7 Å². The van der Waals surface area contributed by atoms with Crippen LogP contribution in [0.15, 0.2) is 18.2 Å². The average molecular weight is 334 g/mol. The van der Waals surface area contributed by atoms with E-state index in [1.54, 1.807) is 32.2 Å². The maximum absolute atomic E-state index is 12.0. The Balaban J connectivity index is 2.13. The topological polar surface area (TPSA) is 44.1 Å². The van der Waals surface area contributed by atoms with Gasteiger partial charge in [0.2, 0.25) is 0 Å². The number of esters is 1. The molecule has 0 atom stereocenters. The Kier molecular flexibility index (Phi) is 4.58. The largest absolute Gasteiger partial charge is 0.457 e. The predicted octanol–water partition coefficient (Wildman–Crippen LogP) is 4.05. The molecule has 0 spiro atoms. The summed E-state index contributed by atoms with van der Waals surface area (Å²) in [5.74, 6) is -0.536. The Hall–Kier alpha value is -1.23. The van der Waals surface area contributed by atoms with Gasteiger partial charge in [-0.25, -0.2) is 4.79 Å². The number of hydrogen-bond acceptors (Lipinski definition) is 3. The first-order chi connectivity index (χ1) is 9.40. The summed E-state index contributed by atoms with van der Waals surface area (Å²) in [6.45, 7) is 1.73. The fourth-order valence-electron chi connectivity index (χ4n) is 1.72. The third-order valence-electron chi connectivity index (χ3n) is 2.73. The van der Waals surface area contributed by atoms with E-state index in [4.69, 9.17) is 39.5 Å². The molecule has 4 nitrogen and oxygen atoms in total. The van der Waals surface area contributed by atoms with E-state index in [0.29, 0.717) is 21.3 Å². The van der Waals surface area contributed by atoms with Crippen LogP contribution in [-0.2, 0) is 18.4 Å². The number of nitrogens with zero attached hydrogens (tertiary/aromatic N) is 2. The number of benzene rings is 1. The lowest BCUT2D eigenvalue weighted by atomic mass is 10.2. The van der Waals surface area contributed by atoms with Crippen molar-refractivity contribution in [2.24, 2.45) is 7.05 Å². The van der Waals surface area contributed by atoms with Gasteiger partial charge in [-0.05, 0) is 19.1 Å². The summed E-state index contributed by atoms with van der Waals surface area (Å²) in [6.07, 6.45) is 0. The summed E-state index contributed by atoms with van der Waals surface area (Å²) in [5, 5.41) is 5.27. The summed E-state index contributed by atoms with van der Waals surface area (Å²) < 4.78 is 6.62. The second-order valence-corrected chi connectivity index (χ2v) is 5.39. The molecule has 20 heavy (non-hydrogen) atoms. The van der Waals surface area contributed by atoms with Gasteiger partial charge in [-0.3, -0.25) is 4.68 Å². The molecule has 1 aromatic carbocycles. The van der Waals surface area contributed by atoms with Crippen molar-refractivity contribution in [2.45, 2.75) is 13.5 Å². The fourth-order valence-corrected chi connectivity index (χ4v) is 2.43. The van der Waals surface area contributed by atoms with Crippen molar-refractivity contribution in [3.8, 4) is 0 Å². The third kappa shape index (κ3) is 3.08. The number of rotatable bonds is 3. The molecule has 2 aromatic rings. The van der Waals surface area contributed by atoms with E-state index in [9.17, 15) is 4.79 Å². The maximum Gasteiger partial charge on any atom is 0.343 e. The number of carbonyl (C=O) groups is 1. The zero-order valence-electron chi connectivity index (χ0n) is 10.8. The molecule has 0 fully saturated rings. The highest BCUT2D eigenvalue weighted by atomic mass is 35.5. The molecule has 0 amide bonds. The monoisotopic (exact) mass is 332 g/mol. The van der Waals surface area contributed by atoms with Gasteiger partial charge in [0.25, 0.3) is 0 Å². The van der Waals surface area contributed by atoms with Gasteiger partial charge in [0.15, 0.2) is 0 Å². The second kappa shape index (κ2) is 6.04. The van der Waals surface area contributed by atoms with Crippen molar-refractivity contribution in [1.29, 1.82) is 0 Å². The van der Waals surface area contributed by atoms with Crippen molar-refractivity contribution in [1.82, 2.24) is 9.78 Å². The van der Waals surface area contributed by atoms with Crippen molar-refractivity contribution in [3.05, 3.63) is 50.2 Å². The van der Waals surface area contributed by atoms with Crippen LogP contribution in [0.3, 0.4) is 0 Å². The Labute approximate surface area is 131 Å². The second-order valence-electron chi connectivity index (χ2n) is 4.19. The maximum atomic E-state index is 12.0. The smallest absolute Gasteiger partial charge is 0.343 e. The normalized spacial score (nSPS) is 10.7. The molecule has 0 radical (unpaired) electrons. The number of hydrogen-bond donors (Lipinski definition) is 0. The first-order valence-corrected chi connectivity index (χ1v) is 6.83. The van der Waals surface area contributed by atoms with Crippen molar-refractivity contribution >= 4 is 40.8 Å². The Morgan fingerprint density at radius 3 is 2.60 bits per heavy atom. The third-order valence-corrected chi connectivity index (χ3v) is 3.75.